The van der Waals surface area contributed by atoms with Crippen molar-refractivity contribution in [1.29, 1.82) is 0 Å². The van der Waals surface area contributed by atoms with Gasteiger partial charge in [0.15, 0.2) is 17.1 Å². The molecule has 0 radical (unpaired) electrons. The van der Waals surface area contributed by atoms with E-state index >= 15 is 0 Å². The maximum atomic E-state index is 6.63. The van der Waals surface area contributed by atoms with Gasteiger partial charge in [0.05, 0.1) is 21.6 Å². The molecule has 3 aromatic heterocycles. The van der Waals surface area contributed by atoms with E-state index in [1.54, 1.807) is 11.3 Å². The molecule has 9 aromatic rings. The molecule has 1 aliphatic heterocycles. The molecule has 0 N–H and O–H groups in total. The van der Waals surface area contributed by atoms with Crippen LogP contribution in [0.1, 0.15) is 0 Å². The van der Waals surface area contributed by atoms with Crippen LogP contribution in [0.25, 0.3) is 63.5 Å². The van der Waals surface area contributed by atoms with Crippen molar-refractivity contribution in [2.24, 2.45) is 0 Å². The van der Waals surface area contributed by atoms with E-state index in [0.717, 1.165) is 61.3 Å². The number of hydrogen-bond donors (Lipinski definition) is 0. The molecule has 0 saturated heterocycles. The Hall–Kier alpha value is -5.50. The Balaban J connectivity index is 1.15. The molecular weight excluding hydrogens is 595 g/mol. The van der Waals surface area contributed by atoms with Gasteiger partial charge in [-0.1, -0.05) is 48.5 Å². The standard InChI is InChI=1S/C38H21N3O2S2/c1-5-11-34-25(7-1)26-16-15-24(21-36(26)44-34)41-29-17-13-22(37-39-27-8-2-4-10-31(27)43-37)20-33(29)42-32-18-14-23(19-30(32)41)38-40-28-9-3-6-12-35(28)45-38/h1-21H. The molecule has 0 saturated carbocycles. The Morgan fingerprint density at radius 3 is 2.24 bits per heavy atom. The molecule has 10 rings (SSSR count). The highest BCUT2D eigenvalue weighted by Gasteiger charge is 2.28. The van der Waals surface area contributed by atoms with Gasteiger partial charge in [-0.3, -0.25) is 0 Å². The van der Waals surface area contributed by atoms with Crippen molar-refractivity contribution in [2.75, 3.05) is 4.90 Å². The van der Waals surface area contributed by atoms with Gasteiger partial charge in [-0.15, -0.1) is 22.7 Å². The number of hydrogen-bond acceptors (Lipinski definition) is 7. The third-order valence-electron chi connectivity index (χ3n) is 8.32. The van der Waals surface area contributed by atoms with Gasteiger partial charge in [0, 0.05) is 37.0 Å². The van der Waals surface area contributed by atoms with Crippen LogP contribution in [0.3, 0.4) is 0 Å². The molecule has 45 heavy (non-hydrogen) atoms. The summed E-state index contributed by atoms with van der Waals surface area (Å²) in [6, 6.07) is 44.0. The summed E-state index contributed by atoms with van der Waals surface area (Å²) >= 11 is 3.52. The molecule has 0 unspecified atom stereocenters. The minimum atomic E-state index is 0.567. The van der Waals surface area contributed by atoms with Gasteiger partial charge in [-0.05, 0) is 78.9 Å². The summed E-state index contributed by atoms with van der Waals surface area (Å²) in [4.78, 5) is 12.0. The lowest BCUT2D eigenvalue weighted by Crippen LogP contribution is -2.16. The lowest BCUT2D eigenvalue weighted by Gasteiger charge is -2.33. The molecule has 0 spiro atoms. The quantitative estimate of drug-likeness (QED) is 0.198. The predicted molar refractivity (Wildman–Crippen MR) is 186 cm³/mol. The number of thiazole rings is 1. The van der Waals surface area contributed by atoms with E-state index in [4.69, 9.17) is 19.1 Å². The van der Waals surface area contributed by atoms with Crippen LogP contribution in [0.15, 0.2) is 132 Å². The predicted octanol–water partition coefficient (Wildman–Crippen LogP) is 11.7. The lowest BCUT2D eigenvalue weighted by molar-refractivity contribution is 0.477. The van der Waals surface area contributed by atoms with Crippen LogP contribution in [-0.2, 0) is 0 Å². The molecule has 6 aromatic carbocycles. The zero-order chi connectivity index (χ0) is 29.5. The number of ether oxygens (including phenoxy) is 1. The largest absolute Gasteiger partial charge is 0.453 e. The van der Waals surface area contributed by atoms with Crippen LogP contribution < -0.4 is 9.64 Å². The average Bonchev–Trinajstić information content (AvgIpc) is 3.81. The van der Waals surface area contributed by atoms with Crippen molar-refractivity contribution < 1.29 is 9.15 Å². The van der Waals surface area contributed by atoms with Gasteiger partial charge in [-0.2, -0.15) is 0 Å². The summed E-state index contributed by atoms with van der Waals surface area (Å²) in [6.07, 6.45) is 0. The van der Waals surface area contributed by atoms with Crippen LogP contribution in [0.5, 0.6) is 11.5 Å². The molecule has 0 atom stereocenters. The summed E-state index contributed by atoms with van der Waals surface area (Å²) in [5.41, 5.74) is 7.50. The van der Waals surface area contributed by atoms with E-state index in [1.807, 2.05) is 47.7 Å². The number of thiophene rings is 1. The van der Waals surface area contributed by atoms with E-state index in [9.17, 15) is 0 Å². The van der Waals surface area contributed by atoms with E-state index < -0.39 is 0 Å². The number of para-hydroxylation sites is 3. The van der Waals surface area contributed by atoms with Crippen LogP contribution in [0, 0.1) is 0 Å². The highest BCUT2D eigenvalue weighted by atomic mass is 32.1. The summed E-state index contributed by atoms with van der Waals surface area (Å²) in [5.74, 6) is 2.09. The zero-order valence-corrected chi connectivity index (χ0v) is 25.2. The molecule has 0 fully saturated rings. The van der Waals surface area contributed by atoms with Crippen molar-refractivity contribution in [2.45, 2.75) is 0 Å². The van der Waals surface area contributed by atoms with Crippen molar-refractivity contribution in [3.63, 3.8) is 0 Å². The fraction of sp³-hybridized carbons (Fsp3) is 0. The number of rotatable bonds is 3. The molecule has 0 amide bonds. The minimum Gasteiger partial charge on any atom is -0.453 e. The van der Waals surface area contributed by atoms with Gasteiger partial charge in [0.25, 0.3) is 0 Å². The van der Waals surface area contributed by atoms with Crippen LogP contribution in [0.4, 0.5) is 17.1 Å². The number of fused-ring (bicyclic) bond motifs is 7. The number of oxazole rings is 1. The molecular formula is C38H21N3O2S2. The lowest BCUT2D eigenvalue weighted by atomic mass is 10.1. The first-order valence-electron chi connectivity index (χ1n) is 14.6. The van der Waals surface area contributed by atoms with Crippen molar-refractivity contribution in [1.82, 2.24) is 9.97 Å². The Kier molecular flexibility index (Phi) is 5.25. The maximum absolute atomic E-state index is 6.63. The Labute approximate surface area is 265 Å². The second-order valence-electron chi connectivity index (χ2n) is 11.1. The van der Waals surface area contributed by atoms with Gasteiger partial charge >= 0.3 is 0 Å². The number of anilines is 3. The third-order valence-corrected chi connectivity index (χ3v) is 10.5. The first kappa shape index (κ1) is 24.9. The second kappa shape index (κ2) is 9.50. The van der Waals surface area contributed by atoms with Gasteiger partial charge in [-0.25, -0.2) is 9.97 Å². The highest BCUT2D eigenvalue weighted by Crippen LogP contribution is 2.53. The topological polar surface area (TPSA) is 51.4 Å². The van der Waals surface area contributed by atoms with Crippen LogP contribution in [0.2, 0.25) is 0 Å². The summed E-state index contributed by atoms with van der Waals surface area (Å²) in [7, 11) is 0. The Bertz CT molecular complexity index is 2550. The van der Waals surface area contributed by atoms with E-state index in [2.05, 4.69) is 95.9 Å². The van der Waals surface area contributed by atoms with Crippen molar-refractivity contribution in [3.8, 4) is 33.5 Å². The minimum absolute atomic E-state index is 0.567. The normalized spacial score (nSPS) is 12.6. The van der Waals surface area contributed by atoms with Crippen molar-refractivity contribution >= 4 is 81.2 Å². The van der Waals surface area contributed by atoms with Crippen LogP contribution >= 0.6 is 22.7 Å². The SMILES string of the molecule is c1ccc2oc(-c3ccc4c(c3)Oc3ccc(-c5nc6ccccc6s5)cc3N4c3ccc4c(c3)sc3ccccc34)nc2c1. The number of benzene rings is 6. The smallest absolute Gasteiger partial charge is 0.227 e. The molecule has 7 heteroatoms. The Morgan fingerprint density at radius 2 is 1.33 bits per heavy atom. The summed E-state index contributed by atoms with van der Waals surface area (Å²) < 4.78 is 16.4. The third kappa shape index (κ3) is 3.91. The van der Waals surface area contributed by atoms with Gasteiger partial charge in [0.1, 0.15) is 10.5 Å². The molecule has 0 bridgehead atoms. The van der Waals surface area contributed by atoms with E-state index in [1.165, 1.54) is 24.9 Å². The zero-order valence-electron chi connectivity index (χ0n) is 23.6. The van der Waals surface area contributed by atoms with Crippen molar-refractivity contribution in [3.05, 3.63) is 127 Å². The van der Waals surface area contributed by atoms with Crippen LogP contribution in [-0.4, -0.2) is 9.97 Å². The second-order valence-corrected chi connectivity index (χ2v) is 13.2. The monoisotopic (exact) mass is 615 g/mol. The van der Waals surface area contributed by atoms with E-state index in [-0.39, 0.29) is 0 Å². The molecule has 212 valence electrons. The highest BCUT2D eigenvalue weighted by molar-refractivity contribution is 7.25. The summed E-state index contributed by atoms with van der Waals surface area (Å²) in [5, 5.41) is 3.53. The molecule has 0 aliphatic carbocycles. The maximum Gasteiger partial charge on any atom is 0.227 e. The fourth-order valence-electron chi connectivity index (χ4n) is 6.20. The first-order chi connectivity index (χ1) is 22.2. The van der Waals surface area contributed by atoms with Gasteiger partial charge < -0.3 is 14.1 Å². The average molecular weight is 616 g/mol. The molecule has 5 nitrogen and oxygen atoms in total. The summed E-state index contributed by atoms with van der Waals surface area (Å²) in [6.45, 7) is 0. The fourth-order valence-corrected chi connectivity index (χ4v) is 8.30. The number of aromatic nitrogens is 2. The first-order valence-corrected chi connectivity index (χ1v) is 16.3. The Morgan fingerprint density at radius 1 is 0.533 bits per heavy atom. The molecule has 1 aliphatic rings. The van der Waals surface area contributed by atoms with Gasteiger partial charge in [0.2, 0.25) is 5.89 Å². The molecule has 4 heterocycles. The van der Waals surface area contributed by atoms with E-state index in [0.29, 0.717) is 5.89 Å². The number of nitrogens with zero attached hydrogens (tertiary/aromatic N) is 3.